The highest BCUT2D eigenvalue weighted by atomic mass is 16.5. The fourth-order valence-electron chi connectivity index (χ4n) is 1.61. The average Bonchev–Trinajstić information content (AvgIpc) is 2.38. The minimum atomic E-state index is -0.866. The second kappa shape index (κ2) is 7.37. The molecule has 0 heterocycles. The number of aryl methyl sites for hydroxylation is 1. The molecule has 0 radical (unpaired) electrons. The van der Waals surface area contributed by atoms with Crippen molar-refractivity contribution in [1.82, 2.24) is 5.32 Å². The highest BCUT2D eigenvalue weighted by Gasteiger charge is 2.16. The molecule has 6 heteroatoms. The van der Waals surface area contributed by atoms with Gasteiger partial charge in [-0.15, -0.1) is 0 Å². The molecule has 0 spiro atoms. The summed E-state index contributed by atoms with van der Waals surface area (Å²) in [7, 11) is 0. The Hall–Kier alpha value is -2.24. The quantitative estimate of drug-likeness (QED) is 0.740. The van der Waals surface area contributed by atoms with E-state index in [2.05, 4.69) is 5.32 Å². The first-order chi connectivity index (χ1) is 9.43. The molecule has 1 atom stereocenters. The van der Waals surface area contributed by atoms with Crippen molar-refractivity contribution in [2.45, 2.75) is 33.2 Å². The van der Waals surface area contributed by atoms with E-state index in [1.165, 1.54) is 0 Å². The number of nitrogens with two attached hydrogens (primary N) is 1. The van der Waals surface area contributed by atoms with Crippen molar-refractivity contribution in [2.75, 3.05) is 11.9 Å². The summed E-state index contributed by atoms with van der Waals surface area (Å²) in [5, 5.41) is 5.04. The number of hydrogen-bond donors (Lipinski definition) is 3. The lowest BCUT2D eigenvalue weighted by Gasteiger charge is -2.17. The monoisotopic (exact) mass is 279 g/mol. The summed E-state index contributed by atoms with van der Waals surface area (Å²) in [4.78, 5) is 22.3. The van der Waals surface area contributed by atoms with Crippen molar-refractivity contribution in [1.29, 1.82) is 0 Å². The maximum atomic E-state index is 11.6. The number of hydrogen-bond acceptors (Lipinski definition) is 4. The van der Waals surface area contributed by atoms with Crippen LogP contribution in [-0.2, 0) is 4.79 Å². The molecule has 1 aromatic carbocycles. The van der Waals surface area contributed by atoms with Gasteiger partial charge in [0.15, 0.2) is 0 Å². The van der Waals surface area contributed by atoms with E-state index in [-0.39, 0.29) is 0 Å². The van der Waals surface area contributed by atoms with Gasteiger partial charge in [0.1, 0.15) is 11.8 Å². The number of nitrogens with one attached hydrogen (secondary N) is 2. The van der Waals surface area contributed by atoms with Crippen molar-refractivity contribution in [3.63, 3.8) is 0 Å². The molecular weight excluding hydrogens is 258 g/mol. The van der Waals surface area contributed by atoms with Crippen LogP contribution in [0.1, 0.15) is 25.8 Å². The molecule has 6 nitrogen and oxygen atoms in total. The molecule has 0 unspecified atom stereocenters. The standard InChI is InChI=1S/C14H21N3O3/c1-4-7-20-12-8-9(2)5-6-11(12)16-10(3)13(18)17-14(15)19/h5-6,8,10,16H,4,7H2,1-3H3,(H3,15,17,18,19)/t10-/m0/s1. The first kappa shape index (κ1) is 15.8. The molecule has 0 aliphatic rings. The minimum absolute atomic E-state index is 0.487. The summed E-state index contributed by atoms with van der Waals surface area (Å²) in [6.45, 7) is 6.22. The first-order valence-corrected chi connectivity index (χ1v) is 6.54. The van der Waals surface area contributed by atoms with Crippen LogP contribution < -0.4 is 21.1 Å². The van der Waals surface area contributed by atoms with Crippen LogP contribution in [0.25, 0.3) is 0 Å². The number of anilines is 1. The van der Waals surface area contributed by atoms with E-state index in [1.54, 1.807) is 6.92 Å². The molecule has 4 N–H and O–H groups in total. The Bertz CT molecular complexity index is 489. The number of urea groups is 1. The van der Waals surface area contributed by atoms with Gasteiger partial charge in [0.05, 0.1) is 12.3 Å². The van der Waals surface area contributed by atoms with Crippen LogP contribution >= 0.6 is 0 Å². The third kappa shape index (κ3) is 4.79. The smallest absolute Gasteiger partial charge is 0.318 e. The van der Waals surface area contributed by atoms with Crippen LogP contribution in [0, 0.1) is 6.92 Å². The van der Waals surface area contributed by atoms with Gasteiger partial charge in [-0.2, -0.15) is 0 Å². The largest absolute Gasteiger partial charge is 0.491 e. The number of imide groups is 1. The Morgan fingerprint density at radius 2 is 2.10 bits per heavy atom. The Kier molecular flexibility index (Phi) is 5.83. The summed E-state index contributed by atoms with van der Waals surface area (Å²) in [5.74, 6) is 0.199. The Labute approximate surface area is 118 Å². The molecule has 0 saturated carbocycles. The van der Waals surface area contributed by atoms with Crippen LogP contribution in [0.5, 0.6) is 5.75 Å². The molecule has 3 amide bonds. The molecule has 0 saturated heterocycles. The zero-order valence-corrected chi connectivity index (χ0v) is 12.0. The average molecular weight is 279 g/mol. The first-order valence-electron chi connectivity index (χ1n) is 6.54. The van der Waals surface area contributed by atoms with Gasteiger partial charge in [0.2, 0.25) is 5.91 Å². The van der Waals surface area contributed by atoms with Gasteiger partial charge in [0, 0.05) is 0 Å². The van der Waals surface area contributed by atoms with E-state index in [4.69, 9.17) is 10.5 Å². The highest BCUT2D eigenvalue weighted by molar-refractivity contribution is 5.97. The maximum Gasteiger partial charge on any atom is 0.318 e. The number of carbonyl (C=O) groups is 2. The van der Waals surface area contributed by atoms with E-state index < -0.39 is 18.0 Å². The Morgan fingerprint density at radius 3 is 2.70 bits per heavy atom. The summed E-state index contributed by atoms with van der Waals surface area (Å²) in [6, 6.07) is 4.19. The van der Waals surface area contributed by atoms with Gasteiger partial charge in [-0.05, 0) is 38.0 Å². The van der Waals surface area contributed by atoms with Gasteiger partial charge >= 0.3 is 6.03 Å². The van der Waals surface area contributed by atoms with Crippen LogP contribution in [0.15, 0.2) is 18.2 Å². The lowest BCUT2D eigenvalue weighted by atomic mass is 10.2. The number of benzene rings is 1. The third-order valence-corrected chi connectivity index (χ3v) is 2.61. The SMILES string of the molecule is CCCOc1cc(C)ccc1N[C@@H](C)C(=O)NC(N)=O. The molecular formula is C14H21N3O3. The summed E-state index contributed by atoms with van der Waals surface area (Å²) < 4.78 is 5.64. The fourth-order valence-corrected chi connectivity index (χ4v) is 1.61. The Balaban J connectivity index is 2.79. The molecule has 20 heavy (non-hydrogen) atoms. The van der Waals surface area contributed by atoms with E-state index in [1.807, 2.05) is 37.4 Å². The number of rotatable bonds is 6. The molecule has 1 rings (SSSR count). The van der Waals surface area contributed by atoms with Crippen molar-refractivity contribution >= 4 is 17.6 Å². The Morgan fingerprint density at radius 1 is 1.40 bits per heavy atom. The van der Waals surface area contributed by atoms with Crippen LogP contribution in [-0.4, -0.2) is 24.6 Å². The molecule has 110 valence electrons. The van der Waals surface area contributed by atoms with Crippen LogP contribution in [0.2, 0.25) is 0 Å². The van der Waals surface area contributed by atoms with E-state index in [0.29, 0.717) is 18.0 Å². The zero-order chi connectivity index (χ0) is 15.1. The molecule has 0 aliphatic carbocycles. The fraction of sp³-hybridized carbons (Fsp3) is 0.429. The normalized spacial score (nSPS) is 11.6. The molecule has 0 aromatic heterocycles. The van der Waals surface area contributed by atoms with Crippen molar-refractivity contribution in [2.24, 2.45) is 5.73 Å². The maximum absolute atomic E-state index is 11.6. The van der Waals surface area contributed by atoms with Gasteiger partial charge in [-0.1, -0.05) is 13.0 Å². The number of ether oxygens (including phenoxy) is 1. The molecule has 0 bridgehead atoms. The van der Waals surface area contributed by atoms with E-state index >= 15 is 0 Å². The number of amides is 3. The van der Waals surface area contributed by atoms with Gasteiger partial charge in [-0.25, -0.2) is 4.79 Å². The van der Waals surface area contributed by atoms with Crippen molar-refractivity contribution < 1.29 is 14.3 Å². The minimum Gasteiger partial charge on any atom is -0.491 e. The summed E-state index contributed by atoms with van der Waals surface area (Å²) >= 11 is 0. The zero-order valence-electron chi connectivity index (χ0n) is 12.0. The lowest BCUT2D eigenvalue weighted by molar-refractivity contribution is -0.120. The topological polar surface area (TPSA) is 93.4 Å². The molecule has 0 aliphatic heterocycles. The highest BCUT2D eigenvalue weighted by Crippen LogP contribution is 2.26. The van der Waals surface area contributed by atoms with E-state index in [0.717, 1.165) is 12.0 Å². The number of carbonyl (C=O) groups excluding carboxylic acids is 2. The summed E-state index contributed by atoms with van der Waals surface area (Å²) in [5.41, 5.74) is 6.69. The second-order valence-corrected chi connectivity index (χ2v) is 4.57. The van der Waals surface area contributed by atoms with Gasteiger partial charge in [-0.3, -0.25) is 10.1 Å². The lowest BCUT2D eigenvalue weighted by Crippen LogP contribution is -2.43. The van der Waals surface area contributed by atoms with Crippen molar-refractivity contribution in [3.8, 4) is 5.75 Å². The van der Waals surface area contributed by atoms with Crippen LogP contribution in [0.3, 0.4) is 0 Å². The van der Waals surface area contributed by atoms with Crippen LogP contribution in [0.4, 0.5) is 10.5 Å². The van der Waals surface area contributed by atoms with E-state index in [9.17, 15) is 9.59 Å². The third-order valence-electron chi connectivity index (χ3n) is 2.61. The second-order valence-electron chi connectivity index (χ2n) is 4.57. The summed E-state index contributed by atoms with van der Waals surface area (Å²) in [6.07, 6.45) is 0.894. The van der Waals surface area contributed by atoms with Crippen molar-refractivity contribution in [3.05, 3.63) is 23.8 Å². The number of primary amides is 1. The molecule has 0 fully saturated rings. The predicted molar refractivity (Wildman–Crippen MR) is 77.8 cm³/mol. The van der Waals surface area contributed by atoms with Gasteiger partial charge < -0.3 is 15.8 Å². The van der Waals surface area contributed by atoms with Gasteiger partial charge in [0.25, 0.3) is 0 Å². The predicted octanol–water partition coefficient (Wildman–Crippen LogP) is 1.78. The molecule has 1 aromatic rings.